The molecule has 0 saturated heterocycles. The molecule has 0 aliphatic carbocycles. The second-order valence-corrected chi connectivity index (χ2v) is 6.76. The number of ether oxygens (including phenoxy) is 1. The molecule has 31 heavy (non-hydrogen) atoms. The molecule has 3 aromatic rings. The first-order chi connectivity index (χ1) is 15.1. The second kappa shape index (κ2) is 11.1. The molecule has 7 nitrogen and oxygen atoms in total. The summed E-state index contributed by atoms with van der Waals surface area (Å²) in [7, 11) is 0. The van der Waals surface area contributed by atoms with Gasteiger partial charge in [-0.3, -0.25) is 0 Å². The molecule has 0 spiro atoms. The summed E-state index contributed by atoms with van der Waals surface area (Å²) in [5, 5.41) is 10.7. The van der Waals surface area contributed by atoms with E-state index in [4.69, 9.17) is 21.2 Å². The van der Waals surface area contributed by atoms with Gasteiger partial charge in [0, 0.05) is 12.2 Å². The van der Waals surface area contributed by atoms with Crippen molar-refractivity contribution in [2.24, 2.45) is 5.16 Å². The second-order valence-electron chi connectivity index (χ2n) is 6.36. The molecule has 0 saturated carbocycles. The Balaban J connectivity index is 1.76. The molecule has 3 rings (SSSR count). The summed E-state index contributed by atoms with van der Waals surface area (Å²) >= 11 is 6.39. The van der Waals surface area contributed by atoms with Gasteiger partial charge in [-0.1, -0.05) is 28.9 Å². The van der Waals surface area contributed by atoms with Gasteiger partial charge in [-0.15, -0.1) is 0 Å². The fourth-order valence-corrected chi connectivity index (χ4v) is 2.95. The molecule has 0 fully saturated rings. The van der Waals surface area contributed by atoms with Gasteiger partial charge in [-0.2, -0.15) is 0 Å². The highest BCUT2D eigenvalue weighted by molar-refractivity contribution is 6.32. The van der Waals surface area contributed by atoms with Crippen molar-refractivity contribution in [3.05, 3.63) is 70.8 Å². The maximum atomic E-state index is 13.3. The zero-order chi connectivity index (χ0) is 22.1. The third kappa shape index (κ3) is 6.29. The molecular weight excluding hydrogens is 421 g/mol. The number of anilines is 3. The van der Waals surface area contributed by atoms with Gasteiger partial charge < -0.3 is 20.2 Å². The molecule has 2 aromatic carbocycles. The standard InChI is InChI=1S/C22H23ClFN5O2/c1-3-25-21-18(12-28-31-4-2)22(27-14-26-21)29-17-8-9-20(19(23)11-17)30-13-15-6-5-7-16(24)10-15/h5-12,14H,3-4,13H2,1-2H3,(H2,25,26,27,29)/b28-12+. The van der Waals surface area contributed by atoms with Crippen molar-refractivity contribution in [3.63, 3.8) is 0 Å². The summed E-state index contributed by atoms with van der Waals surface area (Å²) in [6, 6.07) is 11.5. The van der Waals surface area contributed by atoms with E-state index in [2.05, 4.69) is 25.8 Å². The molecule has 0 aliphatic rings. The van der Waals surface area contributed by atoms with Crippen molar-refractivity contribution in [2.75, 3.05) is 23.8 Å². The molecule has 1 heterocycles. The van der Waals surface area contributed by atoms with E-state index < -0.39 is 0 Å². The third-order valence-electron chi connectivity index (χ3n) is 4.09. The van der Waals surface area contributed by atoms with Crippen LogP contribution in [-0.4, -0.2) is 29.3 Å². The van der Waals surface area contributed by atoms with Crippen LogP contribution in [0.5, 0.6) is 5.75 Å². The molecule has 0 bridgehead atoms. The van der Waals surface area contributed by atoms with Crippen LogP contribution in [0.15, 0.2) is 53.9 Å². The van der Waals surface area contributed by atoms with Gasteiger partial charge in [0.15, 0.2) is 0 Å². The maximum absolute atomic E-state index is 13.3. The zero-order valence-electron chi connectivity index (χ0n) is 17.2. The van der Waals surface area contributed by atoms with Gasteiger partial charge in [0.05, 0.1) is 16.8 Å². The van der Waals surface area contributed by atoms with E-state index in [1.807, 2.05) is 19.9 Å². The number of hydrogen-bond acceptors (Lipinski definition) is 7. The first kappa shape index (κ1) is 22.3. The van der Waals surface area contributed by atoms with Crippen molar-refractivity contribution >= 4 is 35.1 Å². The molecule has 2 N–H and O–H groups in total. The summed E-state index contributed by atoms with van der Waals surface area (Å²) in [6.07, 6.45) is 3.01. The van der Waals surface area contributed by atoms with E-state index in [-0.39, 0.29) is 12.4 Å². The fourth-order valence-electron chi connectivity index (χ4n) is 2.71. The van der Waals surface area contributed by atoms with Crippen LogP contribution in [0.25, 0.3) is 0 Å². The Morgan fingerprint density at radius 2 is 1.97 bits per heavy atom. The number of hydrogen-bond donors (Lipinski definition) is 2. The SMILES string of the molecule is CCNc1ncnc(Nc2ccc(OCc3cccc(F)c3)c(Cl)c2)c1/C=N/OCC. The predicted octanol–water partition coefficient (Wildman–Crippen LogP) is 5.39. The average Bonchev–Trinajstić information content (AvgIpc) is 2.75. The fraction of sp³-hybridized carbons (Fsp3) is 0.227. The maximum Gasteiger partial charge on any atom is 0.144 e. The Labute approximate surface area is 185 Å². The van der Waals surface area contributed by atoms with E-state index in [0.717, 1.165) is 0 Å². The largest absolute Gasteiger partial charge is 0.487 e. The average molecular weight is 444 g/mol. The molecule has 0 amide bonds. The number of benzene rings is 2. The van der Waals surface area contributed by atoms with Gasteiger partial charge >= 0.3 is 0 Å². The van der Waals surface area contributed by atoms with E-state index in [0.29, 0.717) is 52.4 Å². The Bertz CT molecular complexity index is 1050. The molecule has 0 atom stereocenters. The number of halogens is 2. The Morgan fingerprint density at radius 3 is 2.71 bits per heavy atom. The highest BCUT2D eigenvalue weighted by Crippen LogP contribution is 2.30. The third-order valence-corrected chi connectivity index (χ3v) is 4.39. The molecule has 0 radical (unpaired) electrons. The van der Waals surface area contributed by atoms with E-state index in [1.165, 1.54) is 18.5 Å². The van der Waals surface area contributed by atoms with E-state index >= 15 is 0 Å². The molecule has 9 heteroatoms. The van der Waals surface area contributed by atoms with Crippen molar-refractivity contribution in [1.82, 2.24) is 9.97 Å². The number of nitrogens with zero attached hydrogens (tertiary/aromatic N) is 3. The smallest absolute Gasteiger partial charge is 0.144 e. The van der Waals surface area contributed by atoms with Gasteiger partial charge in [0.1, 0.15) is 42.7 Å². The number of rotatable bonds is 10. The van der Waals surface area contributed by atoms with E-state index in [1.54, 1.807) is 30.5 Å². The van der Waals surface area contributed by atoms with Crippen LogP contribution in [-0.2, 0) is 11.4 Å². The van der Waals surface area contributed by atoms with Crippen molar-refractivity contribution in [1.29, 1.82) is 0 Å². The minimum absolute atomic E-state index is 0.209. The molecule has 0 unspecified atom stereocenters. The van der Waals surface area contributed by atoms with Crippen molar-refractivity contribution < 1.29 is 14.0 Å². The number of oxime groups is 1. The Hall–Kier alpha value is -3.39. The Kier molecular flexibility index (Phi) is 8.00. The van der Waals surface area contributed by atoms with Crippen molar-refractivity contribution in [3.8, 4) is 5.75 Å². The first-order valence-corrected chi connectivity index (χ1v) is 10.2. The summed E-state index contributed by atoms with van der Waals surface area (Å²) in [5.41, 5.74) is 2.07. The molecule has 0 aliphatic heterocycles. The van der Waals surface area contributed by atoms with Crippen LogP contribution in [0.2, 0.25) is 5.02 Å². The van der Waals surface area contributed by atoms with Crippen LogP contribution in [0, 0.1) is 5.82 Å². The van der Waals surface area contributed by atoms with Gasteiger partial charge in [0.2, 0.25) is 0 Å². The highest BCUT2D eigenvalue weighted by Gasteiger charge is 2.11. The minimum atomic E-state index is -0.308. The number of aromatic nitrogens is 2. The van der Waals surface area contributed by atoms with Crippen molar-refractivity contribution in [2.45, 2.75) is 20.5 Å². The molecule has 162 valence electrons. The Morgan fingerprint density at radius 1 is 1.13 bits per heavy atom. The predicted molar refractivity (Wildman–Crippen MR) is 121 cm³/mol. The lowest BCUT2D eigenvalue weighted by Gasteiger charge is -2.14. The van der Waals surface area contributed by atoms with Gasteiger partial charge in [0.25, 0.3) is 0 Å². The van der Waals surface area contributed by atoms with Gasteiger partial charge in [-0.25, -0.2) is 14.4 Å². The summed E-state index contributed by atoms with van der Waals surface area (Å²) in [6.45, 7) is 5.18. The van der Waals surface area contributed by atoms with Crippen LogP contribution < -0.4 is 15.4 Å². The van der Waals surface area contributed by atoms with Crippen LogP contribution in [0.4, 0.5) is 21.7 Å². The lowest BCUT2D eigenvalue weighted by atomic mass is 10.2. The van der Waals surface area contributed by atoms with Crippen LogP contribution >= 0.6 is 11.6 Å². The van der Waals surface area contributed by atoms with Crippen LogP contribution in [0.1, 0.15) is 25.0 Å². The lowest BCUT2D eigenvalue weighted by molar-refractivity contribution is 0.160. The zero-order valence-corrected chi connectivity index (χ0v) is 18.0. The summed E-state index contributed by atoms with van der Waals surface area (Å²) < 4.78 is 19.0. The molecule has 1 aromatic heterocycles. The first-order valence-electron chi connectivity index (χ1n) is 9.78. The summed E-state index contributed by atoms with van der Waals surface area (Å²) in [5.74, 6) is 1.35. The van der Waals surface area contributed by atoms with Crippen LogP contribution in [0.3, 0.4) is 0 Å². The quantitative estimate of drug-likeness (QED) is 0.323. The van der Waals surface area contributed by atoms with Gasteiger partial charge in [-0.05, 0) is 49.7 Å². The minimum Gasteiger partial charge on any atom is -0.487 e. The summed E-state index contributed by atoms with van der Waals surface area (Å²) in [4.78, 5) is 13.7. The number of nitrogens with one attached hydrogen (secondary N) is 2. The monoisotopic (exact) mass is 443 g/mol. The normalized spacial score (nSPS) is 10.8. The molecular formula is C22H23ClFN5O2. The lowest BCUT2D eigenvalue weighted by Crippen LogP contribution is -2.08. The topological polar surface area (TPSA) is 80.7 Å². The van der Waals surface area contributed by atoms with E-state index in [9.17, 15) is 4.39 Å². The highest BCUT2D eigenvalue weighted by atomic mass is 35.5.